The number of nitrogens with zero attached hydrogens (tertiary/aromatic N) is 2. The molecule has 4 N–H and O–H groups in total. The summed E-state index contributed by atoms with van der Waals surface area (Å²) in [7, 11) is 0. The molecule has 2 amide bonds. The minimum Gasteiger partial charge on any atom is -0.390 e. The molecular weight excluding hydrogens is 380 g/mol. The highest BCUT2D eigenvalue weighted by molar-refractivity contribution is 5.99. The van der Waals surface area contributed by atoms with Crippen molar-refractivity contribution in [1.29, 1.82) is 0 Å². The Morgan fingerprint density at radius 2 is 2.03 bits per heavy atom. The molecule has 0 radical (unpaired) electrons. The molecular formula is C23H32N4O3. The van der Waals surface area contributed by atoms with Gasteiger partial charge < -0.3 is 16.2 Å². The highest BCUT2D eigenvalue weighted by Gasteiger charge is 2.54. The van der Waals surface area contributed by atoms with Crippen LogP contribution in [0.5, 0.6) is 0 Å². The maximum Gasteiger partial charge on any atom is 0.231 e. The molecule has 162 valence electrons. The van der Waals surface area contributed by atoms with E-state index in [1.54, 1.807) is 4.90 Å². The van der Waals surface area contributed by atoms with E-state index in [1.165, 1.54) is 0 Å². The second-order valence-electron chi connectivity index (χ2n) is 9.09. The summed E-state index contributed by atoms with van der Waals surface area (Å²) in [6.45, 7) is 6.50. The van der Waals surface area contributed by atoms with Gasteiger partial charge in [0.15, 0.2) is 5.96 Å². The fourth-order valence-corrected chi connectivity index (χ4v) is 5.17. The summed E-state index contributed by atoms with van der Waals surface area (Å²) in [4.78, 5) is 31.9. The lowest BCUT2D eigenvalue weighted by atomic mass is 9.88. The van der Waals surface area contributed by atoms with Crippen molar-refractivity contribution in [2.45, 2.75) is 64.1 Å². The van der Waals surface area contributed by atoms with Crippen LogP contribution in [0.15, 0.2) is 29.3 Å². The highest BCUT2D eigenvalue weighted by Crippen LogP contribution is 2.47. The van der Waals surface area contributed by atoms with E-state index < -0.39 is 11.6 Å². The first kappa shape index (κ1) is 20.8. The zero-order valence-electron chi connectivity index (χ0n) is 18.0. The molecule has 4 rings (SSSR count). The van der Waals surface area contributed by atoms with E-state index in [0.717, 1.165) is 24.0 Å². The van der Waals surface area contributed by atoms with Gasteiger partial charge in [0.2, 0.25) is 11.8 Å². The summed E-state index contributed by atoms with van der Waals surface area (Å²) in [5, 5.41) is 13.5. The molecule has 7 heteroatoms. The SMILES string of the molecule is CCC1(CC)CC(=O)N(CC2C(C)C2C(=O)NC2c3ccccc3CC2O)C(N)=N1. The fourth-order valence-electron chi connectivity index (χ4n) is 5.17. The number of guanidine groups is 1. The maximum absolute atomic E-state index is 13.0. The van der Waals surface area contributed by atoms with E-state index in [1.807, 2.05) is 45.0 Å². The Morgan fingerprint density at radius 3 is 2.70 bits per heavy atom. The molecule has 1 heterocycles. The Kier molecular flexibility index (Phi) is 5.34. The number of aliphatic imine (C=N–C) groups is 1. The van der Waals surface area contributed by atoms with Crippen molar-refractivity contribution in [2.24, 2.45) is 28.5 Å². The third kappa shape index (κ3) is 3.49. The lowest BCUT2D eigenvalue weighted by molar-refractivity contribution is -0.130. The molecule has 1 aromatic carbocycles. The molecule has 1 fully saturated rings. The van der Waals surface area contributed by atoms with Crippen molar-refractivity contribution >= 4 is 17.8 Å². The van der Waals surface area contributed by atoms with Crippen LogP contribution in [0.25, 0.3) is 0 Å². The maximum atomic E-state index is 13.0. The monoisotopic (exact) mass is 412 g/mol. The Hall–Kier alpha value is -2.41. The number of carbonyl (C=O) groups excluding carboxylic acids is 2. The molecule has 0 bridgehead atoms. The number of hydrogen-bond donors (Lipinski definition) is 3. The van der Waals surface area contributed by atoms with Crippen molar-refractivity contribution < 1.29 is 14.7 Å². The van der Waals surface area contributed by atoms with Gasteiger partial charge in [-0.3, -0.25) is 14.5 Å². The Morgan fingerprint density at radius 1 is 1.33 bits per heavy atom. The van der Waals surface area contributed by atoms with Crippen molar-refractivity contribution in [2.75, 3.05) is 6.54 Å². The lowest BCUT2D eigenvalue weighted by Gasteiger charge is -2.36. The van der Waals surface area contributed by atoms with E-state index in [0.29, 0.717) is 19.4 Å². The number of amides is 2. The Balaban J connectivity index is 1.41. The third-order valence-corrected chi connectivity index (χ3v) is 7.49. The van der Waals surface area contributed by atoms with Gasteiger partial charge in [0.25, 0.3) is 0 Å². The van der Waals surface area contributed by atoms with Crippen LogP contribution in [0.3, 0.4) is 0 Å². The molecule has 5 atom stereocenters. The number of benzene rings is 1. The van der Waals surface area contributed by atoms with Gasteiger partial charge >= 0.3 is 0 Å². The van der Waals surface area contributed by atoms with Crippen molar-refractivity contribution in [1.82, 2.24) is 10.2 Å². The first-order chi connectivity index (χ1) is 14.3. The van der Waals surface area contributed by atoms with Crippen molar-refractivity contribution in [3.05, 3.63) is 35.4 Å². The zero-order chi connectivity index (χ0) is 21.6. The van der Waals surface area contributed by atoms with Gasteiger partial charge in [-0.05, 0) is 35.8 Å². The van der Waals surface area contributed by atoms with Crippen molar-refractivity contribution in [3.63, 3.8) is 0 Å². The number of nitrogens with one attached hydrogen (secondary N) is 1. The number of hydrogen-bond acceptors (Lipinski definition) is 5. The summed E-state index contributed by atoms with van der Waals surface area (Å²) in [5.41, 5.74) is 7.84. The molecule has 1 aliphatic heterocycles. The number of aliphatic hydroxyl groups excluding tert-OH is 1. The first-order valence-corrected chi connectivity index (χ1v) is 11.0. The molecule has 30 heavy (non-hydrogen) atoms. The number of fused-ring (bicyclic) bond motifs is 1. The topological polar surface area (TPSA) is 108 Å². The van der Waals surface area contributed by atoms with E-state index in [4.69, 9.17) is 5.73 Å². The summed E-state index contributed by atoms with van der Waals surface area (Å²) in [6, 6.07) is 7.45. The van der Waals surface area contributed by atoms with E-state index in [9.17, 15) is 14.7 Å². The molecule has 0 spiro atoms. The molecule has 1 saturated carbocycles. The molecule has 3 aliphatic rings. The first-order valence-electron chi connectivity index (χ1n) is 11.0. The number of rotatable bonds is 6. The molecule has 1 aromatic rings. The van der Waals surface area contributed by atoms with Gasteiger partial charge in [-0.1, -0.05) is 45.0 Å². The van der Waals surface area contributed by atoms with Crippen LogP contribution in [0.1, 0.15) is 57.2 Å². The van der Waals surface area contributed by atoms with Gasteiger partial charge in [-0.15, -0.1) is 0 Å². The minimum atomic E-state index is -0.610. The van der Waals surface area contributed by atoms with Crippen LogP contribution in [0.4, 0.5) is 0 Å². The smallest absolute Gasteiger partial charge is 0.231 e. The summed E-state index contributed by atoms with van der Waals surface area (Å²) < 4.78 is 0. The zero-order valence-corrected chi connectivity index (χ0v) is 18.0. The standard InChI is InChI=1S/C23H32N4O3/c1-4-23(5-2)11-18(29)27(22(24)26-23)12-16-13(3)19(16)21(30)25-20-15-9-7-6-8-14(15)10-17(20)28/h6-9,13,16-17,19-20,28H,4-5,10-12H2,1-3H3,(H2,24,26)(H,25,30). The van der Waals surface area contributed by atoms with Crippen LogP contribution in [0.2, 0.25) is 0 Å². The molecule has 2 aliphatic carbocycles. The quantitative estimate of drug-likeness (QED) is 0.661. The van der Waals surface area contributed by atoms with Gasteiger partial charge in [0.1, 0.15) is 0 Å². The second kappa shape index (κ2) is 7.69. The lowest BCUT2D eigenvalue weighted by Crippen LogP contribution is -2.52. The summed E-state index contributed by atoms with van der Waals surface area (Å²) in [5.74, 6) is 0.216. The second-order valence-corrected chi connectivity index (χ2v) is 9.09. The Labute approximate surface area is 177 Å². The van der Waals surface area contributed by atoms with Crippen LogP contribution in [-0.2, 0) is 16.0 Å². The average molecular weight is 413 g/mol. The minimum absolute atomic E-state index is 0.00963. The predicted octanol–water partition coefficient (Wildman–Crippen LogP) is 1.75. The van der Waals surface area contributed by atoms with E-state index in [-0.39, 0.29) is 41.6 Å². The van der Waals surface area contributed by atoms with E-state index >= 15 is 0 Å². The Bertz CT molecular complexity index is 879. The fraction of sp³-hybridized carbons (Fsp3) is 0.609. The number of nitrogens with two attached hydrogens (primary N) is 1. The average Bonchev–Trinajstić information content (AvgIpc) is 3.26. The molecule has 0 saturated heterocycles. The summed E-state index contributed by atoms with van der Waals surface area (Å²) in [6.07, 6.45) is 1.86. The van der Waals surface area contributed by atoms with Gasteiger partial charge in [0.05, 0.1) is 24.1 Å². The number of carbonyl (C=O) groups is 2. The highest BCUT2D eigenvalue weighted by atomic mass is 16.3. The van der Waals surface area contributed by atoms with Crippen LogP contribution < -0.4 is 11.1 Å². The van der Waals surface area contributed by atoms with Crippen LogP contribution in [0, 0.1) is 17.8 Å². The van der Waals surface area contributed by atoms with Crippen molar-refractivity contribution in [3.8, 4) is 0 Å². The predicted molar refractivity (Wildman–Crippen MR) is 114 cm³/mol. The largest absolute Gasteiger partial charge is 0.390 e. The molecule has 7 nitrogen and oxygen atoms in total. The van der Waals surface area contributed by atoms with Gasteiger partial charge in [0, 0.05) is 18.9 Å². The normalized spacial score (nSPS) is 31.9. The van der Waals surface area contributed by atoms with Crippen LogP contribution >= 0.6 is 0 Å². The molecule has 0 aromatic heterocycles. The van der Waals surface area contributed by atoms with Gasteiger partial charge in [-0.25, -0.2) is 4.99 Å². The van der Waals surface area contributed by atoms with Crippen LogP contribution in [-0.4, -0.2) is 46.0 Å². The molecule has 5 unspecified atom stereocenters. The van der Waals surface area contributed by atoms with E-state index in [2.05, 4.69) is 10.3 Å². The van der Waals surface area contributed by atoms with Gasteiger partial charge in [-0.2, -0.15) is 0 Å². The summed E-state index contributed by atoms with van der Waals surface area (Å²) >= 11 is 0. The number of aliphatic hydroxyl groups is 1. The third-order valence-electron chi connectivity index (χ3n) is 7.49.